The van der Waals surface area contributed by atoms with Crippen molar-refractivity contribution in [2.24, 2.45) is 0 Å². The van der Waals surface area contributed by atoms with Gasteiger partial charge in [-0.3, -0.25) is 4.79 Å². The summed E-state index contributed by atoms with van der Waals surface area (Å²) in [5.41, 5.74) is 0.511. The molecule has 0 radical (unpaired) electrons. The zero-order valence-corrected chi connectivity index (χ0v) is 14.8. The fourth-order valence-electron chi connectivity index (χ4n) is 1.97. The molecule has 0 unspecified atom stereocenters. The van der Waals surface area contributed by atoms with Crippen LogP contribution in [0.1, 0.15) is 19.8 Å². The number of benzene rings is 1. The van der Waals surface area contributed by atoms with Gasteiger partial charge in [-0.15, -0.1) is 0 Å². The highest BCUT2D eigenvalue weighted by atomic mass is 32.2. The van der Waals surface area contributed by atoms with E-state index in [0.717, 1.165) is 12.7 Å². The number of methoxy groups -OCH3 is 2. The van der Waals surface area contributed by atoms with Crippen molar-refractivity contribution in [1.82, 2.24) is 4.31 Å². The van der Waals surface area contributed by atoms with Gasteiger partial charge in [0.15, 0.2) is 11.5 Å². The fourth-order valence-corrected chi connectivity index (χ4v) is 2.78. The first-order valence-electron chi connectivity index (χ1n) is 7.28. The van der Waals surface area contributed by atoms with Crippen molar-refractivity contribution < 1.29 is 22.7 Å². The summed E-state index contributed by atoms with van der Waals surface area (Å²) in [5, 5.41) is 2.67. The van der Waals surface area contributed by atoms with E-state index < -0.39 is 15.9 Å². The summed E-state index contributed by atoms with van der Waals surface area (Å²) in [6.45, 7) is 2.08. The molecule has 7 nitrogen and oxygen atoms in total. The number of sulfonamides is 1. The first kappa shape index (κ1) is 19.2. The van der Waals surface area contributed by atoms with Gasteiger partial charge in [-0.2, -0.15) is 4.31 Å². The average molecular weight is 344 g/mol. The highest BCUT2D eigenvalue weighted by molar-refractivity contribution is 7.88. The number of unbranched alkanes of at least 4 members (excludes halogenated alkanes) is 1. The number of hydrogen-bond donors (Lipinski definition) is 1. The Morgan fingerprint density at radius 2 is 1.87 bits per heavy atom. The molecule has 1 aromatic carbocycles. The van der Waals surface area contributed by atoms with Crippen molar-refractivity contribution in [1.29, 1.82) is 0 Å². The maximum atomic E-state index is 12.1. The Morgan fingerprint density at radius 1 is 1.22 bits per heavy atom. The Labute approximate surface area is 137 Å². The summed E-state index contributed by atoms with van der Waals surface area (Å²) in [4.78, 5) is 12.1. The molecule has 0 bridgehead atoms. The van der Waals surface area contributed by atoms with Gasteiger partial charge >= 0.3 is 0 Å². The van der Waals surface area contributed by atoms with E-state index in [1.54, 1.807) is 18.2 Å². The van der Waals surface area contributed by atoms with Crippen LogP contribution in [0.25, 0.3) is 0 Å². The van der Waals surface area contributed by atoms with Crippen LogP contribution in [0.15, 0.2) is 18.2 Å². The lowest BCUT2D eigenvalue weighted by Crippen LogP contribution is -2.38. The van der Waals surface area contributed by atoms with E-state index in [-0.39, 0.29) is 6.54 Å². The van der Waals surface area contributed by atoms with Crippen LogP contribution < -0.4 is 14.8 Å². The topological polar surface area (TPSA) is 84.9 Å². The number of nitrogens with one attached hydrogen (secondary N) is 1. The molecular formula is C15H24N2O5S. The Balaban J connectivity index is 2.78. The molecule has 0 spiro atoms. The third kappa shape index (κ3) is 6.07. The summed E-state index contributed by atoms with van der Waals surface area (Å²) >= 11 is 0. The van der Waals surface area contributed by atoms with Crippen molar-refractivity contribution in [3.05, 3.63) is 18.2 Å². The molecule has 0 aliphatic carbocycles. The van der Waals surface area contributed by atoms with Gasteiger partial charge in [0, 0.05) is 18.3 Å². The van der Waals surface area contributed by atoms with E-state index in [1.807, 2.05) is 6.92 Å². The molecule has 0 heterocycles. The first-order chi connectivity index (χ1) is 10.8. The quantitative estimate of drug-likeness (QED) is 0.737. The molecular weight excluding hydrogens is 320 g/mol. The van der Waals surface area contributed by atoms with Gasteiger partial charge in [0.2, 0.25) is 15.9 Å². The molecule has 23 heavy (non-hydrogen) atoms. The maximum Gasteiger partial charge on any atom is 0.239 e. The van der Waals surface area contributed by atoms with Crippen molar-refractivity contribution in [3.8, 4) is 11.5 Å². The predicted octanol–water partition coefficient (Wildman–Crippen LogP) is 1.70. The van der Waals surface area contributed by atoms with Gasteiger partial charge in [-0.05, 0) is 18.6 Å². The highest BCUT2D eigenvalue weighted by Gasteiger charge is 2.19. The largest absolute Gasteiger partial charge is 0.493 e. The second kappa shape index (κ2) is 8.73. The Kier molecular flexibility index (Phi) is 7.31. The average Bonchev–Trinajstić information content (AvgIpc) is 2.50. The first-order valence-corrected chi connectivity index (χ1v) is 9.13. The molecule has 1 amide bonds. The third-order valence-electron chi connectivity index (χ3n) is 3.22. The Bertz CT molecular complexity index is 631. The second-order valence-corrected chi connectivity index (χ2v) is 7.05. The van der Waals surface area contributed by atoms with Gasteiger partial charge < -0.3 is 14.8 Å². The van der Waals surface area contributed by atoms with Crippen LogP contribution in [0.3, 0.4) is 0 Å². The summed E-state index contributed by atoms with van der Waals surface area (Å²) < 4.78 is 34.9. The number of rotatable bonds is 9. The van der Waals surface area contributed by atoms with E-state index in [9.17, 15) is 13.2 Å². The molecule has 8 heteroatoms. The van der Waals surface area contributed by atoms with Gasteiger partial charge in [0.25, 0.3) is 0 Å². The summed E-state index contributed by atoms with van der Waals surface area (Å²) in [7, 11) is -0.399. The highest BCUT2D eigenvalue weighted by Crippen LogP contribution is 2.29. The third-order valence-corrected chi connectivity index (χ3v) is 4.47. The van der Waals surface area contributed by atoms with E-state index in [1.165, 1.54) is 18.5 Å². The Hall–Kier alpha value is -1.80. The molecule has 0 atom stereocenters. The lowest BCUT2D eigenvalue weighted by molar-refractivity contribution is -0.116. The zero-order chi connectivity index (χ0) is 17.5. The lowest BCUT2D eigenvalue weighted by Gasteiger charge is -2.19. The van der Waals surface area contributed by atoms with Gasteiger partial charge in [0.05, 0.1) is 27.0 Å². The SMILES string of the molecule is CCCCN(CC(=O)Nc1ccc(OC)c(OC)c1)S(C)(=O)=O. The molecule has 0 saturated carbocycles. The van der Waals surface area contributed by atoms with E-state index >= 15 is 0 Å². The molecule has 0 fully saturated rings. The molecule has 0 aliphatic heterocycles. The van der Waals surface area contributed by atoms with Crippen LogP contribution in [0.2, 0.25) is 0 Å². The monoisotopic (exact) mass is 344 g/mol. The minimum absolute atomic E-state index is 0.215. The molecule has 0 saturated heterocycles. The summed E-state index contributed by atoms with van der Waals surface area (Å²) in [6.07, 6.45) is 2.66. The van der Waals surface area contributed by atoms with Crippen LogP contribution in [0, 0.1) is 0 Å². The maximum absolute atomic E-state index is 12.1. The van der Waals surface area contributed by atoms with Crippen LogP contribution in [0.4, 0.5) is 5.69 Å². The normalized spacial score (nSPS) is 11.3. The van der Waals surface area contributed by atoms with Crippen LogP contribution in [-0.4, -0.2) is 52.2 Å². The number of hydrogen-bond acceptors (Lipinski definition) is 5. The van der Waals surface area contributed by atoms with E-state index in [0.29, 0.717) is 30.2 Å². The number of amides is 1. The molecule has 1 rings (SSSR count). The minimum atomic E-state index is -3.42. The van der Waals surface area contributed by atoms with Crippen molar-refractivity contribution in [3.63, 3.8) is 0 Å². The molecule has 0 aromatic heterocycles. The lowest BCUT2D eigenvalue weighted by atomic mass is 10.2. The number of ether oxygens (including phenoxy) is 2. The van der Waals surface area contributed by atoms with Crippen LogP contribution in [-0.2, 0) is 14.8 Å². The molecule has 1 N–H and O–H groups in total. The second-order valence-electron chi connectivity index (χ2n) is 5.07. The van der Waals surface area contributed by atoms with Crippen LogP contribution in [0.5, 0.6) is 11.5 Å². The number of carbonyl (C=O) groups excluding carboxylic acids is 1. The molecule has 1 aromatic rings. The number of nitrogens with zero attached hydrogens (tertiary/aromatic N) is 1. The summed E-state index contributed by atoms with van der Waals surface area (Å²) in [5.74, 6) is 0.626. The fraction of sp³-hybridized carbons (Fsp3) is 0.533. The zero-order valence-electron chi connectivity index (χ0n) is 14.0. The number of anilines is 1. The number of carbonyl (C=O) groups is 1. The van der Waals surface area contributed by atoms with Crippen molar-refractivity contribution in [2.45, 2.75) is 19.8 Å². The van der Waals surface area contributed by atoms with E-state index in [4.69, 9.17) is 9.47 Å². The predicted molar refractivity (Wildman–Crippen MR) is 89.5 cm³/mol. The Morgan fingerprint density at radius 3 is 2.39 bits per heavy atom. The smallest absolute Gasteiger partial charge is 0.239 e. The standard InChI is InChI=1S/C15H24N2O5S/c1-5-6-9-17(23(4,19)20)11-15(18)16-12-7-8-13(21-2)14(10-12)22-3/h7-8,10H,5-6,9,11H2,1-4H3,(H,16,18). The van der Waals surface area contributed by atoms with E-state index in [2.05, 4.69) is 5.32 Å². The van der Waals surface area contributed by atoms with Crippen molar-refractivity contribution in [2.75, 3.05) is 38.9 Å². The van der Waals surface area contributed by atoms with Gasteiger partial charge in [-0.25, -0.2) is 8.42 Å². The summed E-state index contributed by atoms with van der Waals surface area (Å²) in [6, 6.07) is 4.95. The molecule has 130 valence electrons. The molecule has 0 aliphatic rings. The van der Waals surface area contributed by atoms with Crippen molar-refractivity contribution >= 4 is 21.6 Å². The van der Waals surface area contributed by atoms with Gasteiger partial charge in [0.1, 0.15) is 0 Å². The minimum Gasteiger partial charge on any atom is -0.493 e. The van der Waals surface area contributed by atoms with Crippen LogP contribution >= 0.6 is 0 Å². The van der Waals surface area contributed by atoms with Gasteiger partial charge in [-0.1, -0.05) is 13.3 Å².